The van der Waals surface area contributed by atoms with Gasteiger partial charge in [0.15, 0.2) is 6.10 Å². The number of fused-ring (bicyclic) bond motifs is 1. The molecule has 0 radical (unpaired) electrons. The Hall–Kier alpha value is -1.39. The van der Waals surface area contributed by atoms with E-state index in [4.69, 9.17) is 9.47 Å². The third-order valence-electron chi connectivity index (χ3n) is 4.31. The van der Waals surface area contributed by atoms with E-state index in [-0.39, 0.29) is 11.9 Å². The van der Waals surface area contributed by atoms with Crippen molar-refractivity contribution in [1.82, 2.24) is 4.90 Å². The number of rotatable bonds is 2. The van der Waals surface area contributed by atoms with Gasteiger partial charge in [0, 0.05) is 13.1 Å². The van der Waals surface area contributed by atoms with Crippen LogP contribution in [0.15, 0.2) is 24.3 Å². The maximum absolute atomic E-state index is 12.4. The highest BCUT2D eigenvalue weighted by molar-refractivity contribution is 5.81. The highest BCUT2D eigenvalue weighted by Gasteiger charge is 2.31. The smallest absolute Gasteiger partial charge is 0.254 e. The van der Waals surface area contributed by atoms with E-state index in [2.05, 4.69) is 24.3 Å². The number of carbonyl (C=O) groups is 1. The normalized spacial score (nSPS) is 25.9. The number of carbonyl (C=O) groups excluding carboxylic acids is 1. The van der Waals surface area contributed by atoms with Crippen LogP contribution in [0, 0.1) is 0 Å². The summed E-state index contributed by atoms with van der Waals surface area (Å²) in [5.41, 5.74) is 2.78. The molecule has 0 N–H and O–H groups in total. The standard InChI is InChI=1S/C16H21NO3/c1-17(16(18)15-11-19-8-9-20-15)14-7-6-12-4-2-3-5-13(12)10-14/h2-5,14-15H,6-11H2,1H3. The summed E-state index contributed by atoms with van der Waals surface area (Å²) in [5, 5.41) is 0. The van der Waals surface area contributed by atoms with E-state index in [1.165, 1.54) is 11.1 Å². The molecule has 1 aromatic carbocycles. The third kappa shape index (κ3) is 2.72. The lowest BCUT2D eigenvalue weighted by Crippen LogP contribution is -2.49. The SMILES string of the molecule is CN(C(=O)C1COCCO1)C1CCc2ccccc2C1. The van der Waals surface area contributed by atoms with E-state index in [9.17, 15) is 4.79 Å². The lowest BCUT2D eigenvalue weighted by molar-refractivity contribution is -0.158. The fourth-order valence-corrected chi connectivity index (χ4v) is 3.05. The molecular formula is C16H21NO3. The van der Waals surface area contributed by atoms with Gasteiger partial charge in [-0.25, -0.2) is 0 Å². The van der Waals surface area contributed by atoms with E-state index < -0.39 is 6.10 Å². The van der Waals surface area contributed by atoms with E-state index in [0.717, 1.165) is 19.3 Å². The topological polar surface area (TPSA) is 38.8 Å². The summed E-state index contributed by atoms with van der Waals surface area (Å²) in [6, 6.07) is 8.77. The fourth-order valence-electron chi connectivity index (χ4n) is 3.05. The second-order valence-electron chi connectivity index (χ2n) is 5.55. The van der Waals surface area contributed by atoms with Gasteiger partial charge in [0.05, 0.1) is 19.8 Å². The van der Waals surface area contributed by atoms with Crippen LogP contribution >= 0.6 is 0 Å². The highest BCUT2D eigenvalue weighted by atomic mass is 16.6. The molecule has 1 aromatic rings. The van der Waals surface area contributed by atoms with Crippen LogP contribution < -0.4 is 0 Å². The molecule has 3 rings (SSSR count). The number of nitrogens with zero attached hydrogens (tertiary/aromatic N) is 1. The van der Waals surface area contributed by atoms with Crippen molar-refractivity contribution in [3.05, 3.63) is 35.4 Å². The molecule has 4 heteroatoms. The Kier molecular flexibility index (Phi) is 4.03. The minimum Gasteiger partial charge on any atom is -0.376 e. The maximum Gasteiger partial charge on any atom is 0.254 e. The average molecular weight is 275 g/mol. The monoisotopic (exact) mass is 275 g/mol. The van der Waals surface area contributed by atoms with Gasteiger partial charge in [-0.15, -0.1) is 0 Å². The highest BCUT2D eigenvalue weighted by Crippen LogP contribution is 2.24. The average Bonchev–Trinajstić information content (AvgIpc) is 2.54. The minimum absolute atomic E-state index is 0.0501. The second kappa shape index (κ2) is 5.94. The zero-order chi connectivity index (χ0) is 13.9. The van der Waals surface area contributed by atoms with Crippen molar-refractivity contribution < 1.29 is 14.3 Å². The van der Waals surface area contributed by atoms with Gasteiger partial charge in [0.2, 0.25) is 0 Å². The number of amides is 1. The van der Waals surface area contributed by atoms with Crippen LogP contribution in [-0.4, -0.2) is 49.8 Å². The van der Waals surface area contributed by atoms with E-state index in [0.29, 0.717) is 19.8 Å². The molecule has 108 valence electrons. The molecule has 0 aromatic heterocycles. The zero-order valence-corrected chi connectivity index (χ0v) is 11.9. The Morgan fingerprint density at radius 3 is 2.80 bits per heavy atom. The largest absolute Gasteiger partial charge is 0.376 e. The van der Waals surface area contributed by atoms with E-state index in [1.54, 1.807) is 0 Å². The molecular weight excluding hydrogens is 254 g/mol. The molecule has 2 atom stereocenters. The summed E-state index contributed by atoms with van der Waals surface area (Å²) >= 11 is 0. The summed E-state index contributed by atoms with van der Waals surface area (Å²) < 4.78 is 10.8. The number of likely N-dealkylation sites (N-methyl/N-ethyl adjacent to an activating group) is 1. The fraction of sp³-hybridized carbons (Fsp3) is 0.562. The molecule has 2 aliphatic rings. The Balaban J connectivity index is 1.66. The van der Waals surface area contributed by atoms with Crippen molar-refractivity contribution in [1.29, 1.82) is 0 Å². The Bertz CT molecular complexity index is 482. The molecule has 1 saturated heterocycles. The van der Waals surface area contributed by atoms with Crippen molar-refractivity contribution >= 4 is 5.91 Å². The molecule has 1 fully saturated rings. The number of hydrogen-bond donors (Lipinski definition) is 0. The summed E-state index contributed by atoms with van der Waals surface area (Å²) in [6.45, 7) is 1.48. The van der Waals surface area contributed by atoms with Crippen LogP contribution in [0.2, 0.25) is 0 Å². The lowest BCUT2D eigenvalue weighted by Gasteiger charge is -2.35. The predicted molar refractivity (Wildman–Crippen MR) is 75.6 cm³/mol. The number of hydrogen-bond acceptors (Lipinski definition) is 3. The van der Waals surface area contributed by atoms with Gasteiger partial charge in [0.1, 0.15) is 0 Å². The first-order valence-corrected chi connectivity index (χ1v) is 7.28. The minimum atomic E-state index is -0.425. The van der Waals surface area contributed by atoms with Gasteiger partial charge < -0.3 is 14.4 Å². The van der Waals surface area contributed by atoms with Crippen LogP contribution in [0.3, 0.4) is 0 Å². The maximum atomic E-state index is 12.4. The molecule has 0 spiro atoms. The predicted octanol–water partition coefficient (Wildman–Crippen LogP) is 1.42. The van der Waals surface area contributed by atoms with Crippen molar-refractivity contribution in [3.8, 4) is 0 Å². The van der Waals surface area contributed by atoms with Crippen LogP contribution in [-0.2, 0) is 27.1 Å². The quantitative estimate of drug-likeness (QED) is 0.819. The Labute approximate surface area is 119 Å². The van der Waals surface area contributed by atoms with Crippen LogP contribution in [0.1, 0.15) is 17.5 Å². The summed E-state index contributed by atoms with van der Waals surface area (Å²) in [6.07, 6.45) is 2.57. The van der Waals surface area contributed by atoms with Crippen molar-refractivity contribution in [2.24, 2.45) is 0 Å². The van der Waals surface area contributed by atoms with Crippen molar-refractivity contribution in [3.63, 3.8) is 0 Å². The number of ether oxygens (including phenoxy) is 2. The molecule has 1 aliphatic carbocycles. The van der Waals surface area contributed by atoms with Gasteiger partial charge in [-0.1, -0.05) is 24.3 Å². The molecule has 1 aliphatic heterocycles. The first kappa shape index (κ1) is 13.6. The molecule has 2 unspecified atom stereocenters. The van der Waals surface area contributed by atoms with Gasteiger partial charge >= 0.3 is 0 Å². The van der Waals surface area contributed by atoms with E-state index >= 15 is 0 Å². The molecule has 4 nitrogen and oxygen atoms in total. The van der Waals surface area contributed by atoms with Crippen molar-refractivity contribution in [2.45, 2.75) is 31.4 Å². The van der Waals surface area contributed by atoms with Crippen LogP contribution in [0.5, 0.6) is 0 Å². The lowest BCUT2D eigenvalue weighted by atomic mass is 9.87. The molecule has 1 heterocycles. The van der Waals surface area contributed by atoms with Gasteiger partial charge in [-0.3, -0.25) is 4.79 Å². The van der Waals surface area contributed by atoms with Gasteiger partial charge in [0.25, 0.3) is 5.91 Å². The van der Waals surface area contributed by atoms with Crippen molar-refractivity contribution in [2.75, 3.05) is 26.9 Å². The molecule has 20 heavy (non-hydrogen) atoms. The summed E-state index contributed by atoms with van der Waals surface area (Å²) in [4.78, 5) is 14.3. The first-order chi connectivity index (χ1) is 9.75. The Morgan fingerprint density at radius 1 is 1.25 bits per heavy atom. The number of benzene rings is 1. The van der Waals surface area contributed by atoms with Gasteiger partial charge in [-0.05, 0) is 30.4 Å². The zero-order valence-electron chi connectivity index (χ0n) is 11.9. The van der Waals surface area contributed by atoms with Crippen LogP contribution in [0.4, 0.5) is 0 Å². The molecule has 1 amide bonds. The molecule has 0 saturated carbocycles. The van der Waals surface area contributed by atoms with E-state index in [1.807, 2.05) is 11.9 Å². The van der Waals surface area contributed by atoms with Gasteiger partial charge in [-0.2, -0.15) is 0 Å². The Morgan fingerprint density at radius 2 is 2.05 bits per heavy atom. The summed E-state index contributed by atoms with van der Waals surface area (Å²) in [7, 11) is 1.89. The second-order valence-corrected chi connectivity index (χ2v) is 5.55. The molecule has 0 bridgehead atoms. The number of aryl methyl sites for hydroxylation is 1. The third-order valence-corrected chi connectivity index (χ3v) is 4.31. The first-order valence-electron chi connectivity index (χ1n) is 7.28. The van der Waals surface area contributed by atoms with Crippen LogP contribution in [0.25, 0.3) is 0 Å². The summed E-state index contributed by atoms with van der Waals surface area (Å²) in [5.74, 6) is 0.0501.